The second-order valence-electron chi connectivity index (χ2n) is 10.4. The molecule has 0 aliphatic heterocycles. The van der Waals surface area contributed by atoms with E-state index in [9.17, 15) is 14.4 Å². The first kappa shape index (κ1) is 25.9. The minimum absolute atomic E-state index is 0.0135. The Kier molecular flexibility index (Phi) is 7.50. The molecule has 4 rings (SSSR count). The molecule has 190 valence electrons. The van der Waals surface area contributed by atoms with E-state index in [2.05, 4.69) is 0 Å². The average molecular weight is 508 g/mol. The van der Waals surface area contributed by atoms with Crippen molar-refractivity contribution in [2.24, 2.45) is 0 Å². The van der Waals surface area contributed by atoms with Crippen LogP contribution in [0.2, 0.25) is 0 Å². The van der Waals surface area contributed by atoms with Crippen LogP contribution in [-0.4, -0.2) is 29.2 Å². The molecule has 1 saturated carbocycles. The molecule has 0 radical (unpaired) electrons. The van der Waals surface area contributed by atoms with Crippen molar-refractivity contribution in [3.8, 4) is 10.4 Å². The van der Waals surface area contributed by atoms with Gasteiger partial charge in [0.25, 0.3) is 0 Å². The normalized spacial score (nSPS) is 15.3. The quantitative estimate of drug-likeness (QED) is 0.385. The molecule has 7 heteroatoms. The first-order chi connectivity index (χ1) is 17.1. The molecule has 1 aromatic carbocycles. The molecular formula is C29H33NO5S. The average Bonchev–Trinajstić information content (AvgIpc) is 3.35. The van der Waals surface area contributed by atoms with Gasteiger partial charge in [0.2, 0.25) is 5.43 Å². The smallest absolute Gasteiger partial charge is 0.343 e. The van der Waals surface area contributed by atoms with Gasteiger partial charge in [0.1, 0.15) is 16.6 Å². The van der Waals surface area contributed by atoms with Gasteiger partial charge in [0.15, 0.2) is 0 Å². The maximum atomic E-state index is 13.4. The van der Waals surface area contributed by atoms with E-state index in [0.29, 0.717) is 12.1 Å². The first-order valence-corrected chi connectivity index (χ1v) is 13.1. The summed E-state index contributed by atoms with van der Waals surface area (Å²) in [4.78, 5) is 40.9. The molecule has 0 N–H and O–H groups in total. The topological polar surface area (TPSA) is 74.6 Å². The van der Waals surface area contributed by atoms with Crippen LogP contribution in [0.3, 0.4) is 0 Å². The Morgan fingerprint density at radius 2 is 1.69 bits per heavy atom. The summed E-state index contributed by atoms with van der Waals surface area (Å²) in [5.41, 5.74) is -0.227. The Bertz CT molecular complexity index is 1290. The number of hydrogen-bond acceptors (Lipinski definition) is 6. The van der Waals surface area contributed by atoms with E-state index < -0.39 is 17.0 Å². The zero-order valence-corrected chi connectivity index (χ0v) is 22.2. The second kappa shape index (κ2) is 10.4. The third-order valence-electron chi connectivity index (χ3n) is 6.53. The van der Waals surface area contributed by atoms with E-state index in [4.69, 9.17) is 9.47 Å². The summed E-state index contributed by atoms with van der Waals surface area (Å²) < 4.78 is 12.6. The summed E-state index contributed by atoms with van der Waals surface area (Å²) >= 11 is 1.44. The predicted octanol–water partition coefficient (Wildman–Crippen LogP) is 5.96. The molecule has 3 aromatic rings. The van der Waals surface area contributed by atoms with Gasteiger partial charge in [-0.25, -0.2) is 4.79 Å². The molecule has 0 spiro atoms. The summed E-state index contributed by atoms with van der Waals surface area (Å²) in [5.74, 6) is -0.870. The Morgan fingerprint density at radius 3 is 2.33 bits per heavy atom. The van der Waals surface area contributed by atoms with Crippen LogP contribution in [0.1, 0.15) is 73.7 Å². The van der Waals surface area contributed by atoms with Crippen LogP contribution in [0.4, 0.5) is 0 Å². The lowest BCUT2D eigenvalue weighted by Crippen LogP contribution is -2.42. The number of esters is 2. The SMILES string of the molecule is COC(=O)c1cn(Cc2ccccc2)cc(-c2ccc(C3(C(=O)OC(C)(C)C)CCCCC3)s2)c1=O. The number of benzene rings is 1. The Labute approximate surface area is 215 Å². The number of pyridine rings is 1. The van der Waals surface area contributed by atoms with Crippen LogP contribution in [0.25, 0.3) is 10.4 Å². The number of aromatic nitrogens is 1. The van der Waals surface area contributed by atoms with Crippen LogP contribution in [0.5, 0.6) is 0 Å². The zero-order valence-electron chi connectivity index (χ0n) is 21.3. The number of rotatable bonds is 6. The van der Waals surface area contributed by atoms with Gasteiger partial charge in [0.05, 0.1) is 12.7 Å². The van der Waals surface area contributed by atoms with Crippen molar-refractivity contribution < 1.29 is 19.1 Å². The minimum atomic E-state index is -0.711. The van der Waals surface area contributed by atoms with Crippen LogP contribution in [-0.2, 0) is 26.2 Å². The minimum Gasteiger partial charge on any atom is -0.465 e. The van der Waals surface area contributed by atoms with Crippen LogP contribution < -0.4 is 5.43 Å². The van der Waals surface area contributed by atoms with Crippen molar-refractivity contribution in [2.45, 2.75) is 70.4 Å². The molecule has 36 heavy (non-hydrogen) atoms. The van der Waals surface area contributed by atoms with Crippen molar-refractivity contribution in [1.82, 2.24) is 4.57 Å². The van der Waals surface area contributed by atoms with Crippen molar-refractivity contribution in [3.05, 3.63) is 81.1 Å². The zero-order chi connectivity index (χ0) is 25.9. The number of carbonyl (C=O) groups is 2. The molecule has 0 unspecified atom stereocenters. The Morgan fingerprint density at radius 1 is 1.00 bits per heavy atom. The van der Waals surface area contributed by atoms with E-state index in [1.807, 2.05) is 67.8 Å². The lowest BCUT2D eigenvalue weighted by atomic mass is 9.73. The third kappa shape index (κ3) is 5.46. The van der Waals surface area contributed by atoms with E-state index in [0.717, 1.165) is 47.4 Å². The van der Waals surface area contributed by atoms with Gasteiger partial charge in [-0.15, -0.1) is 11.3 Å². The molecule has 1 aliphatic carbocycles. The third-order valence-corrected chi connectivity index (χ3v) is 7.85. The fourth-order valence-corrected chi connectivity index (χ4v) is 6.02. The number of hydrogen-bond donors (Lipinski definition) is 0. The largest absolute Gasteiger partial charge is 0.465 e. The van der Waals surface area contributed by atoms with Gasteiger partial charge in [-0.2, -0.15) is 0 Å². The van der Waals surface area contributed by atoms with Gasteiger partial charge >= 0.3 is 11.9 Å². The molecular weight excluding hydrogens is 474 g/mol. The highest BCUT2D eigenvalue weighted by Gasteiger charge is 2.45. The monoisotopic (exact) mass is 507 g/mol. The molecule has 0 atom stereocenters. The van der Waals surface area contributed by atoms with Gasteiger partial charge in [0, 0.05) is 28.7 Å². The molecule has 2 aromatic heterocycles. The number of nitrogens with zero attached hydrogens (tertiary/aromatic N) is 1. The number of thiophene rings is 1. The lowest BCUT2D eigenvalue weighted by Gasteiger charge is -2.36. The van der Waals surface area contributed by atoms with Gasteiger partial charge < -0.3 is 14.0 Å². The molecule has 0 bridgehead atoms. The first-order valence-electron chi connectivity index (χ1n) is 12.3. The van der Waals surface area contributed by atoms with Gasteiger partial charge in [-0.1, -0.05) is 49.6 Å². The van der Waals surface area contributed by atoms with Crippen molar-refractivity contribution >= 4 is 23.3 Å². The fourth-order valence-electron chi connectivity index (χ4n) is 4.77. The highest BCUT2D eigenvalue weighted by molar-refractivity contribution is 7.15. The van der Waals surface area contributed by atoms with Crippen LogP contribution in [0.15, 0.2) is 59.7 Å². The number of methoxy groups -OCH3 is 1. The second-order valence-corrected chi connectivity index (χ2v) is 11.5. The van der Waals surface area contributed by atoms with Gasteiger partial charge in [-0.05, 0) is 51.3 Å². The summed E-state index contributed by atoms with van der Waals surface area (Å²) in [5, 5.41) is 0. The summed E-state index contributed by atoms with van der Waals surface area (Å²) in [6.07, 6.45) is 7.77. The van der Waals surface area contributed by atoms with Crippen LogP contribution >= 0.6 is 11.3 Å². The summed E-state index contributed by atoms with van der Waals surface area (Å²) in [6, 6.07) is 13.7. The lowest BCUT2D eigenvalue weighted by molar-refractivity contribution is -0.163. The number of ether oxygens (including phenoxy) is 2. The maximum absolute atomic E-state index is 13.4. The Balaban J connectivity index is 1.78. The van der Waals surface area contributed by atoms with Crippen molar-refractivity contribution in [1.29, 1.82) is 0 Å². The fraction of sp³-hybridized carbons (Fsp3) is 0.414. The molecule has 1 fully saturated rings. The van der Waals surface area contributed by atoms with E-state index >= 15 is 0 Å². The van der Waals surface area contributed by atoms with E-state index in [1.165, 1.54) is 18.4 Å². The van der Waals surface area contributed by atoms with Gasteiger partial charge in [-0.3, -0.25) is 9.59 Å². The van der Waals surface area contributed by atoms with Crippen molar-refractivity contribution in [2.75, 3.05) is 7.11 Å². The maximum Gasteiger partial charge on any atom is 0.343 e. The standard InChI is InChI=1S/C29H33NO5S/c1-28(2,3)35-27(33)29(15-9-6-10-16-29)24-14-13-23(36-24)21-18-30(17-20-11-7-5-8-12-20)19-22(25(21)31)26(32)34-4/h5,7-8,11-14,18-19H,6,9-10,15-17H2,1-4H3. The van der Waals surface area contributed by atoms with E-state index in [1.54, 1.807) is 12.4 Å². The molecule has 2 heterocycles. The van der Waals surface area contributed by atoms with E-state index in [-0.39, 0.29) is 17.0 Å². The highest BCUT2D eigenvalue weighted by Crippen LogP contribution is 2.45. The molecule has 6 nitrogen and oxygen atoms in total. The van der Waals surface area contributed by atoms with Crippen molar-refractivity contribution in [3.63, 3.8) is 0 Å². The number of carbonyl (C=O) groups excluding carboxylic acids is 2. The highest BCUT2D eigenvalue weighted by atomic mass is 32.1. The Hall–Kier alpha value is -3.19. The van der Waals surface area contributed by atoms with Crippen LogP contribution in [0, 0.1) is 0 Å². The predicted molar refractivity (Wildman–Crippen MR) is 142 cm³/mol. The summed E-state index contributed by atoms with van der Waals surface area (Å²) in [7, 11) is 1.27. The molecule has 0 saturated heterocycles. The molecule has 1 aliphatic rings. The summed E-state index contributed by atoms with van der Waals surface area (Å²) in [6.45, 7) is 6.15. The molecule has 0 amide bonds.